The first kappa shape index (κ1) is 14.8. The van der Waals surface area contributed by atoms with Crippen LogP contribution in [0.3, 0.4) is 0 Å². The van der Waals surface area contributed by atoms with Gasteiger partial charge in [-0.15, -0.1) is 6.58 Å². The standard InChI is InChI=1S/C15H16BrNO3/c1-3-7-20-15-13(12(4-2)10-5-6-10)8-11(16)9-14(15)17(18)19/h3-4,8-10,12H,1-2,5-7H2. The average molecular weight is 338 g/mol. The molecule has 1 atom stereocenters. The van der Waals surface area contributed by atoms with Crippen molar-refractivity contribution in [1.29, 1.82) is 0 Å². The number of hydrogen-bond acceptors (Lipinski definition) is 3. The Bertz CT molecular complexity index is 552. The van der Waals surface area contributed by atoms with Gasteiger partial charge in [-0.25, -0.2) is 0 Å². The topological polar surface area (TPSA) is 52.4 Å². The van der Waals surface area contributed by atoms with Gasteiger partial charge in [0.15, 0.2) is 0 Å². The van der Waals surface area contributed by atoms with E-state index >= 15 is 0 Å². The highest BCUT2D eigenvalue weighted by Crippen LogP contribution is 2.48. The Hall–Kier alpha value is -1.62. The van der Waals surface area contributed by atoms with Crippen molar-refractivity contribution < 1.29 is 9.66 Å². The summed E-state index contributed by atoms with van der Waals surface area (Å²) in [7, 11) is 0. The van der Waals surface area contributed by atoms with Crippen LogP contribution in [-0.2, 0) is 0 Å². The molecule has 0 N–H and O–H groups in total. The summed E-state index contributed by atoms with van der Waals surface area (Å²) in [6.45, 7) is 7.69. The number of allylic oxidation sites excluding steroid dienone is 1. The van der Waals surface area contributed by atoms with E-state index in [0.717, 1.165) is 18.4 Å². The van der Waals surface area contributed by atoms with Gasteiger partial charge in [-0.3, -0.25) is 10.1 Å². The molecule has 1 aliphatic carbocycles. The third-order valence-corrected chi connectivity index (χ3v) is 3.81. The molecule has 0 heterocycles. The minimum atomic E-state index is -0.417. The van der Waals surface area contributed by atoms with Crippen LogP contribution in [0.5, 0.6) is 5.75 Å². The molecule has 1 saturated carbocycles. The predicted molar refractivity (Wildman–Crippen MR) is 82.2 cm³/mol. The monoisotopic (exact) mass is 337 g/mol. The Morgan fingerprint density at radius 1 is 1.50 bits per heavy atom. The first-order valence-electron chi connectivity index (χ1n) is 6.42. The lowest BCUT2D eigenvalue weighted by Gasteiger charge is -2.17. The highest BCUT2D eigenvalue weighted by atomic mass is 79.9. The molecule has 0 spiro atoms. The third kappa shape index (κ3) is 3.10. The minimum absolute atomic E-state index is 0.0243. The van der Waals surface area contributed by atoms with Crippen molar-refractivity contribution in [1.82, 2.24) is 0 Å². The van der Waals surface area contributed by atoms with Gasteiger partial charge in [-0.05, 0) is 24.8 Å². The largest absolute Gasteiger partial charge is 0.482 e. The van der Waals surface area contributed by atoms with E-state index in [1.807, 2.05) is 12.1 Å². The molecule has 0 amide bonds. The molecule has 1 fully saturated rings. The summed E-state index contributed by atoms with van der Waals surface area (Å²) in [5.74, 6) is 0.924. The SMILES string of the molecule is C=CCOc1c(C(C=C)C2CC2)cc(Br)cc1[N+](=O)[O-]. The molecule has 0 aromatic heterocycles. The summed E-state index contributed by atoms with van der Waals surface area (Å²) in [5.41, 5.74) is 0.800. The highest BCUT2D eigenvalue weighted by molar-refractivity contribution is 9.10. The van der Waals surface area contributed by atoms with Gasteiger partial charge < -0.3 is 4.74 Å². The number of nitro benzene ring substituents is 1. The van der Waals surface area contributed by atoms with Crippen LogP contribution in [-0.4, -0.2) is 11.5 Å². The van der Waals surface area contributed by atoms with Gasteiger partial charge in [0.1, 0.15) is 6.61 Å². The summed E-state index contributed by atoms with van der Waals surface area (Å²) in [5, 5.41) is 11.2. The maximum atomic E-state index is 11.2. The van der Waals surface area contributed by atoms with Gasteiger partial charge in [-0.1, -0.05) is 34.7 Å². The second-order valence-corrected chi connectivity index (χ2v) is 5.71. The van der Waals surface area contributed by atoms with Gasteiger partial charge in [-0.2, -0.15) is 0 Å². The van der Waals surface area contributed by atoms with E-state index in [0.29, 0.717) is 16.1 Å². The molecule has 5 heteroatoms. The van der Waals surface area contributed by atoms with Crippen LogP contribution in [0.2, 0.25) is 0 Å². The lowest BCUT2D eigenvalue weighted by atomic mass is 9.93. The van der Waals surface area contributed by atoms with E-state index in [-0.39, 0.29) is 18.2 Å². The lowest BCUT2D eigenvalue weighted by Crippen LogP contribution is -2.06. The number of rotatable bonds is 7. The van der Waals surface area contributed by atoms with Crippen molar-refractivity contribution >= 4 is 21.6 Å². The molecule has 1 aromatic carbocycles. The molecular weight excluding hydrogens is 322 g/mol. The van der Waals surface area contributed by atoms with Crippen LogP contribution in [0, 0.1) is 16.0 Å². The zero-order valence-electron chi connectivity index (χ0n) is 11.0. The first-order chi connectivity index (χ1) is 9.58. The van der Waals surface area contributed by atoms with Gasteiger partial charge in [0.05, 0.1) is 4.92 Å². The second-order valence-electron chi connectivity index (χ2n) is 4.80. The molecule has 2 rings (SSSR count). The summed E-state index contributed by atoms with van der Waals surface area (Å²) >= 11 is 3.34. The number of nitrogens with zero attached hydrogens (tertiary/aromatic N) is 1. The van der Waals surface area contributed by atoms with E-state index in [2.05, 4.69) is 29.1 Å². The van der Waals surface area contributed by atoms with Crippen LogP contribution in [0.4, 0.5) is 5.69 Å². The molecule has 1 unspecified atom stereocenters. The van der Waals surface area contributed by atoms with Gasteiger partial charge in [0.2, 0.25) is 5.75 Å². The maximum absolute atomic E-state index is 11.2. The van der Waals surface area contributed by atoms with Gasteiger partial charge in [0.25, 0.3) is 0 Å². The minimum Gasteiger partial charge on any atom is -0.482 e. The van der Waals surface area contributed by atoms with Crippen molar-refractivity contribution in [2.75, 3.05) is 6.61 Å². The molecule has 0 aliphatic heterocycles. The Morgan fingerprint density at radius 3 is 2.70 bits per heavy atom. The van der Waals surface area contributed by atoms with Crippen molar-refractivity contribution in [3.63, 3.8) is 0 Å². The fraction of sp³-hybridized carbons (Fsp3) is 0.333. The first-order valence-corrected chi connectivity index (χ1v) is 7.21. The molecule has 20 heavy (non-hydrogen) atoms. The summed E-state index contributed by atoms with van der Waals surface area (Å²) < 4.78 is 6.24. The fourth-order valence-corrected chi connectivity index (χ4v) is 2.77. The van der Waals surface area contributed by atoms with Crippen LogP contribution >= 0.6 is 15.9 Å². The van der Waals surface area contributed by atoms with Gasteiger partial charge >= 0.3 is 5.69 Å². The van der Waals surface area contributed by atoms with E-state index in [9.17, 15) is 10.1 Å². The summed E-state index contributed by atoms with van der Waals surface area (Å²) in [6.07, 6.45) is 5.68. The number of nitro groups is 1. The van der Waals surface area contributed by atoms with Crippen molar-refractivity contribution in [2.24, 2.45) is 5.92 Å². The number of halogens is 1. The molecule has 0 saturated heterocycles. The van der Waals surface area contributed by atoms with E-state index in [1.54, 1.807) is 6.08 Å². The fourth-order valence-electron chi connectivity index (χ4n) is 2.31. The number of hydrogen-bond donors (Lipinski definition) is 0. The smallest absolute Gasteiger partial charge is 0.312 e. The highest BCUT2D eigenvalue weighted by Gasteiger charge is 2.34. The van der Waals surface area contributed by atoms with Crippen LogP contribution in [0.15, 0.2) is 41.9 Å². The van der Waals surface area contributed by atoms with Crippen molar-refractivity contribution in [2.45, 2.75) is 18.8 Å². The van der Waals surface area contributed by atoms with E-state index in [4.69, 9.17) is 4.74 Å². The Labute approximate surface area is 126 Å². The number of benzene rings is 1. The van der Waals surface area contributed by atoms with Crippen molar-refractivity contribution in [3.05, 3.63) is 57.6 Å². The lowest BCUT2D eigenvalue weighted by molar-refractivity contribution is -0.386. The molecule has 1 aromatic rings. The van der Waals surface area contributed by atoms with Crippen LogP contribution in [0.1, 0.15) is 24.3 Å². The molecule has 0 radical (unpaired) electrons. The Kier molecular flexibility index (Phi) is 4.60. The second kappa shape index (κ2) is 6.22. The van der Waals surface area contributed by atoms with E-state index < -0.39 is 4.92 Å². The number of ether oxygens (including phenoxy) is 1. The zero-order chi connectivity index (χ0) is 14.7. The predicted octanol–water partition coefficient (Wildman–Crippen LogP) is 4.60. The Balaban J connectivity index is 2.53. The molecular formula is C15H16BrNO3. The normalized spacial score (nSPS) is 15.4. The quantitative estimate of drug-likeness (QED) is 0.415. The average Bonchev–Trinajstić information content (AvgIpc) is 3.22. The molecule has 0 bridgehead atoms. The van der Waals surface area contributed by atoms with Crippen molar-refractivity contribution in [3.8, 4) is 5.75 Å². The van der Waals surface area contributed by atoms with Crippen LogP contribution in [0.25, 0.3) is 0 Å². The molecule has 1 aliphatic rings. The third-order valence-electron chi connectivity index (χ3n) is 3.35. The van der Waals surface area contributed by atoms with E-state index in [1.165, 1.54) is 6.07 Å². The molecule has 106 valence electrons. The maximum Gasteiger partial charge on any atom is 0.312 e. The van der Waals surface area contributed by atoms with Gasteiger partial charge in [0, 0.05) is 22.0 Å². The van der Waals surface area contributed by atoms with Crippen LogP contribution < -0.4 is 4.74 Å². The summed E-state index contributed by atoms with van der Waals surface area (Å²) in [6, 6.07) is 3.35. The Morgan fingerprint density at radius 2 is 2.20 bits per heavy atom. The summed E-state index contributed by atoms with van der Waals surface area (Å²) in [4.78, 5) is 10.8. The zero-order valence-corrected chi connectivity index (χ0v) is 12.6. The molecule has 4 nitrogen and oxygen atoms in total.